The van der Waals surface area contributed by atoms with E-state index in [1.54, 1.807) is 6.08 Å². The number of carbonyl (C=O) groups excluding carboxylic acids is 3. The van der Waals surface area contributed by atoms with Crippen LogP contribution in [-0.4, -0.2) is 51.7 Å². The number of carbonyl (C=O) groups is 3. The number of amides is 2. The highest BCUT2D eigenvalue weighted by atomic mass is 16.5. The number of ether oxygens (including phenoxy) is 2. The molecule has 1 aliphatic heterocycles. The van der Waals surface area contributed by atoms with Crippen molar-refractivity contribution in [1.29, 1.82) is 0 Å². The van der Waals surface area contributed by atoms with Gasteiger partial charge in [-0.3, -0.25) is 9.59 Å². The van der Waals surface area contributed by atoms with Gasteiger partial charge >= 0.3 is 5.97 Å². The summed E-state index contributed by atoms with van der Waals surface area (Å²) in [6.45, 7) is 1.07. The largest absolute Gasteiger partial charge is 0.466 e. The van der Waals surface area contributed by atoms with Crippen molar-refractivity contribution in [1.82, 2.24) is 10.6 Å². The van der Waals surface area contributed by atoms with Gasteiger partial charge in [-0.05, 0) is 12.8 Å². The lowest BCUT2D eigenvalue weighted by atomic mass is 9.78. The molecule has 0 aliphatic carbocycles. The van der Waals surface area contributed by atoms with Gasteiger partial charge in [0.2, 0.25) is 11.8 Å². The molecule has 1 rings (SSSR count). The summed E-state index contributed by atoms with van der Waals surface area (Å²) in [4.78, 5) is 34.7. The SMILES string of the molecule is COCC1(C(=O)NCC/C=C/C(=O)OC)CCNC(=O)C1. The molecule has 1 heterocycles. The minimum atomic E-state index is -0.802. The van der Waals surface area contributed by atoms with Crippen molar-refractivity contribution in [2.45, 2.75) is 19.3 Å². The minimum Gasteiger partial charge on any atom is -0.466 e. The topological polar surface area (TPSA) is 93.7 Å². The molecule has 118 valence electrons. The number of hydrogen-bond acceptors (Lipinski definition) is 5. The number of esters is 1. The number of nitrogens with one attached hydrogen (secondary N) is 2. The van der Waals surface area contributed by atoms with Crippen molar-refractivity contribution < 1.29 is 23.9 Å². The Kier molecular flexibility index (Phi) is 6.87. The van der Waals surface area contributed by atoms with E-state index >= 15 is 0 Å². The van der Waals surface area contributed by atoms with Crippen LogP contribution in [-0.2, 0) is 23.9 Å². The maximum Gasteiger partial charge on any atom is 0.330 e. The Bertz CT molecular complexity index is 418. The molecule has 0 aromatic heterocycles. The van der Waals surface area contributed by atoms with Crippen LogP contribution in [0.2, 0.25) is 0 Å². The zero-order chi connectivity index (χ0) is 15.7. The Labute approximate surface area is 124 Å². The van der Waals surface area contributed by atoms with Crippen molar-refractivity contribution in [3.63, 3.8) is 0 Å². The maximum absolute atomic E-state index is 12.3. The van der Waals surface area contributed by atoms with E-state index in [0.717, 1.165) is 0 Å². The normalized spacial score (nSPS) is 21.9. The van der Waals surface area contributed by atoms with Gasteiger partial charge in [0, 0.05) is 32.7 Å². The highest BCUT2D eigenvalue weighted by molar-refractivity contribution is 5.90. The third-order valence-electron chi connectivity index (χ3n) is 3.38. The molecule has 1 saturated heterocycles. The van der Waals surface area contributed by atoms with Crippen molar-refractivity contribution >= 4 is 17.8 Å². The zero-order valence-corrected chi connectivity index (χ0v) is 12.4. The summed E-state index contributed by atoms with van der Waals surface area (Å²) in [6.07, 6.45) is 4.13. The van der Waals surface area contributed by atoms with E-state index in [-0.39, 0.29) is 24.8 Å². The summed E-state index contributed by atoms with van der Waals surface area (Å²) in [6, 6.07) is 0. The molecule has 1 aliphatic rings. The monoisotopic (exact) mass is 298 g/mol. The summed E-state index contributed by atoms with van der Waals surface area (Å²) in [5.74, 6) is -0.758. The van der Waals surface area contributed by atoms with E-state index in [4.69, 9.17) is 4.74 Å². The minimum absolute atomic E-state index is 0.130. The van der Waals surface area contributed by atoms with E-state index in [1.807, 2.05) is 0 Å². The van der Waals surface area contributed by atoms with E-state index < -0.39 is 11.4 Å². The molecule has 0 bridgehead atoms. The van der Waals surface area contributed by atoms with E-state index in [2.05, 4.69) is 15.4 Å². The summed E-state index contributed by atoms with van der Waals surface area (Å²) in [7, 11) is 2.82. The average molecular weight is 298 g/mol. The van der Waals surface area contributed by atoms with Crippen molar-refractivity contribution in [2.24, 2.45) is 5.41 Å². The third kappa shape index (κ3) is 5.18. The number of rotatable bonds is 7. The van der Waals surface area contributed by atoms with Crippen LogP contribution >= 0.6 is 0 Å². The second kappa shape index (κ2) is 8.41. The first kappa shape index (κ1) is 17.2. The Morgan fingerprint density at radius 3 is 2.81 bits per heavy atom. The van der Waals surface area contributed by atoms with Crippen molar-refractivity contribution in [3.05, 3.63) is 12.2 Å². The quantitative estimate of drug-likeness (QED) is 0.384. The fourth-order valence-corrected chi connectivity index (χ4v) is 2.26. The standard InChI is InChI=1S/C14H22N2O5/c1-20-10-14(6-8-15-11(17)9-14)13(19)16-7-4-3-5-12(18)21-2/h3,5H,4,6-10H2,1-2H3,(H,15,17)(H,16,19)/b5-3+. The van der Waals surface area contributed by atoms with Gasteiger partial charge in [0.15, 0.2) is 0 Å². The lowest BCUT2D eigenvalue weighted by Gasteiger charge is -2.34. The van der Waals surface area contributed by atoms with Gasteiger partial charge in [-0.25, -0.2) is 4.79 Å². The molecular weight excluding hydrogens is 276 g/mol. The smallest absolute Gasteiger partial charge is 0.330 e. The molecule has 1 fully saturated rings. The molecule has 2 amide bonds. The van der Waals surface area contributed by atoms with E-state index in [9.17, 15) is 14.4 Å². The second-order valence-corrected chi connectivity index (χ2v) is 4.96. The predicted octanol–water partition coefficient (Wildman–Crippen LogP) is -0.235. The fraction of sp³-hybridized carbons (Fsp3) is 0.643. The molecule has 1 unspecified atom stereocenters. The van der Waals surface area contributed by atoms with Gasteiger partial charge in [0.05, 0.1) is 19.1 Å². The summed E-state index contributed by atoms with van der Waals surface area (Å²) >= 11 is 0. The molecule has 0 aromatic carbocycles. The van der Waals surface area contributed by atoms with Gasteiger partial charge in [0.1, 0.15) is 0 Å². The van der Waals surface area contributed by atoms with E-state index in [1.165, 1.54) is 20.3 Å². The van der Waals surface area contributed by atoms with Crippen LogP contribution in [0, 0.1) is 5.41 Å². The number of methoxy groups -OCH3 is 2. The van der Waals surface area contributed by atoms with Crippen LogP contribution in [0.5, 0.6) is 0 Å². The van der Waals surface area contributed by atoms with Gasteiger partial charge in [-0.1, -0.05) is 6.08 Å². The first-order chi connectivity index (χ1) is 10.0. The highest BCUT2D eigenvalue weighted by Crippen LogP contribution is 2.29. The highest BCUT2D eigenvalue weighted by Gasteiger charge is 2.42. The van der Waals surface area contributed by atoms with Gasteiger partial charge in [0.25, 0.3) is 0 Å². The van der Waals surface area contributed by atoms with Crippen LogP contribution in [0.25, 0.3) is 0 Å². The van der Waals surface area contributed by atoms with Crippen LogP contribution in [0.15, 0.2) is 12.2 Å². The molecule has 0 aromatic rings. The Morgan fingerprint density at radius 2 is 2.19 bits per heavy atom. The van der Waals surface area contributed by atoms with Gasteiger partial charge in [-0.2, -0.15) is 0 Å². The first-order valence-corrected chi connectivity index (χ1v) is 6.82. The fourth-order valence-electron chi connectivity index (χ4n) is 2.26. The van der Waals surface area contributed by atoms with Crippen LogP contribution < -0.4 is 10.6 Å². The lowest BCUT2D eigenvalue weighted by molar-refractivity contribution is -0.143. The number of hydrogen-bond donors (Lipinski definition) is 2. The average Bonchev–Trinajstić information content (AvgIpc) is 2.46. The Balaban J connectivity index is 2.48. The first-order valence-electron chi connectivity index (χ1n) is 6.82. The van der Waals surface area contributed by atoms with Crippen LogP contribution in [0.3, 0.4) is 0 Å². The molecule has 0 saturated carbocycles. The summed E-state index contributed by atoms with van der Waals surface area (Å²) in [5, 5.41) is 5.50. The molecule has 0 spiro atoms. The molecular formula is C14H22N2O5. The molecule has 1 atom stereocenters. The van der Waals surface area contributed by atoms with Crippen LogP contribution in [0.4, 0.5) is 0 Å². The maximum atomic E-state index is 12.3. The third-order valence-corrected chi connectivity index (χ3v) is 3.38. The van der Waals surface area contributed by atoms with Gasteiger partial charge in [-0.15, -0.1) is 0 Å². The lowest BCUT2D eigenvalue weighted by Crippen LogP contribution is -2.52. The molecule has 7 nitrogen and oxygen atoms in total. The zero-order valence-electron chi connectivity index (χ0n) is 12.4. The molecule has 2 N–H and O–H groups in total. The Morgan fingerprint density at radius 1 is 1.43 bits per heavy atom. The van der Waals surface area contributed by atoms with Gasteiger partial charge < -0.3 is 20.1 Å². The molecule has 21 heavy (non-hydrogen) atoms. The van der Waals surface area contributed by atoms with Crippen LogP contribution in [0.1, 0.15) is 19.3 Å². The summed E-state index contributed by atoms with van der Waals surface area (Å²) in [5.41, 5.74) is -0.802. The molecule has 0 radical (unpaired) electrons. The van der Waals surface area contributed by atoms with Crippen molar-refractivity contribution in [3.8, 4) is 0 Å². The second-order valence-electron chi connectivity index (χ2n) is 4.96. The number of piperidine rings is 1. The Hall–Kier alpha value is -1.89. The van der Waals surface area contributed by atoms with Crippen molar-refractivity contribution in [2.75, 3.05) is 33.9 Å². The predicted molar refractivity (Wildman–Crippen MR) is 75.3 cm³/mol. The molecule has 7 heteroatoms. The van der Waals surface area contributed by atoms with E-state index in [0.29, 0.717) is 25.9 Å². The summed E-state index contributed by atoms with van der Waals surface area (Å²) < 4.78 is 9.57.